The Morgan fingerprint density at radius 3 is 2.38 bits per heavy atom. The molecular formula is C18H22N2O4. The van der Waals surface area contributed by atoms with Crippen molar-refractivity contribution in [1.82, 2.24) is 10.3 Å². The van der Waals surface area contributed by atoms with Crippen LogP contribution in [0.15, 0.2) is 48.8 Å². The lowest BCUT2D eigenvalue weighted by Crippen LogP contribution is -2.38. The zero-order valence-electron chi connectivity index (χ0n) is 14.1. The molecule has 0 fully saturated rings. The maximum Gasteiger partial charge on any atom is 0.251 e. The van der Waals surface area contributed by atoms with E-state index in [0.717, 1.165) is 11.1 Å². The lowest BCUT2D eigenvalue weighted by atomic mass is 10.1. The Bertz CT molecular complexity index is 627. The number of nitrogens with zero attached hydrogens (tertiary/aromatic N) is 1. The van der Waals surface area contributed by atoms with Crippen LogP contribution in [-0.4, -0.2) is 38.5 Å². The molecule has 1 heterocycles. The van der Waals surface area contributed by atoms with Gasteiger partial charge in [0.2, 0.25) is 0 Å². The fourth-order valence-electron chi connectivity index (χ4n) is 2.38. The van der Waals surface area contributed by atoms with Gasteiger partial charge in [-0.3, -0.25) is 9.78 Å². The number of hydrogen-bond donors (Lipinski definition) is 1. The Labute approximate surface area is 141 Å². The number of amides is 1. The number of nitrogens with one attached hydrogen (secondary N) is 1. The monoisotopic (exact) mass is 330 g/mol. The van der Waals surface area contributed by atoms with Gasteiger partial charge >= 0.3 is 0 Å². The van der Waals surface area contributed by atoms with Gasteiger partial charge in [0, 0.05) is 39.3 Å². The molecular weight excluding hydrogens is 308 g/mol. The van der Waals surface area contributed by atoms with Crippen molar-refractivity contribution in [3.05, 3.63) is 65.5 Å². The molecule has 1 amide bonds. The molecule has 0 unspecified atom stereocenters. The third kappa shape index (κ3) is 4.61. The van der Waals surface area contributed by atoms with Crippen molar-refractivity contribution >= 4 is 5.91 Å². The summed E-state index contributed by atoms with van der Waals surface area (Å²) in [6.45, 7) is 0.510. The second-order valence-electron chi connectivity index (χ2n) is 5.21. The summed E-state index contributed by atoms with van der Waals surface area (Å²) in [5.74, 6) is -0.216. The number of carbonyl (C=O) groups excluding carboxylic acids is 1. The minimum Gasteiger partial charge on any atom is -0.380 e. The molecule has 24 heavy (non-hydrogen) atoms. The zero-order chi connectivity index (χ0) is 17.4. The van der Waals surface area contributed by atoms with Crippen molar-refractivity contribution in [2.24, 2.45) is 0 Å². The van der Waals surface area contributed by atoms with Gasteiger partial charge in [0.05, 0.1) is 6.61 Å². The standard InChI is InChI=1S/C18H22N2O4/c1-22-12-13-6-8-14(9-7-13)17(21)20-16(18(23-2)24-3)15-5-4-10-19-11-15/h4-11,16,18H,12H2,1-3H3,(H,20,21)/t16-/m1/s1. The summed E-state index contributed by atoms with van der Waals surface area (Å²) in [5.41, 5.74) is 2.36. The van der Waals surface area contributed by atoms with Crippen molar-refractivity contribution in [2.75, 3.05) is 21.3 Å². The molecule has 0 radical (unpaired) electrons. The molecule has 6 nitrogen and oxygen atoms in total. The number of rotatable bonds is 8. The van der Waals surface area contributed by atoms with E-state index in [1.165, 1.54) is 14.2 Å². The Morgan fingerprint density at radius 1 is 1.12 bits per heavy atom. The van der Waals surface area contributed by atoms with E-state index >= 15 is 0 Å². The molecule has 0 aliphatic carbocycles. The maximum atomic E-state index is 12.6. The smallest absolute Gasteiger partial charge is 0.251 e. The Kier molecular flexibility index (Phi) is 6.87. The van der Waals surface area contributed by atoms with E-state index in [9.17, 15) is 4.79 Å². The van der Waals surface area contributed by atoms with Crippen LogP contribution in [0.5, 0.6) is 0 Å². The Balaban J connectivity index is 2.17. The molecule has 1 N–H and O–H groups in total. The number of methoxy groups -OCH3 is 3. The third-order valence-corrected chi connectivity index (χ3v) is 3.59. The average Bonchev–Trinajstić information content (AvgIpc) is 2.63. The number of ether oxygens (including phenoxy) is 3. The normalized spacial score (nSPS) is 12.2. The SMILES string of the molecule is COCc1ccc(C(=O)N[C@H](c2cccnc2)C(OC)OC)cc1. The van der Waals surface area contributed by atoms with Gasteiger partial charge in [-0.05, 0) is 29.3 Å². The molecule has 2 rings (SSSR count). The maximum absolute atomic E-state index is 12.6. The van der Waals surface area contributed by atoms with Crippen LogP contribution >= 0.6 is 0 Å². The van der Waals surface area contributed by atoms with Gasteiger partial charge in [-0.2, -0.15) is 0 Å². The van der Waals surface area contributed by atoms with Crippen molar-refractivity contribution in [3.63, 3.8) is 0 Å². The summed E-state index contributed by atoms with van der Waals surface area (Å²) in [6, 6.07) is 10.4. The van der Waals surface area contributed by atoms with Gasteiger partial charge in [-0.15, -0.1) is 0 Å². The van der Waals surface area contributed by atoms with E-state index in [4.69, 9.17) is 14.2 Å². The summed E-state index contributed by atoms with van der Waals surface area (Å²) < 4.78 is 15.7. The highest BCUT2D eigenvalue weighted by Crippen LogP contribution is 2.19. The molecule has 1 atom stereocenters. The van der Waals surface area contributed by atoms with Gasteiger partial charge in [-0.1, -0.05) is 18.2 Å². The lowest BCUT2D eigenvalue weighted by molar-refractivity contribution is -0.122. The molecule has 1 aromatic heterocycles. The molecule has 128 valence electrons. The van der Waals surface area contributed by atoms with Gasteiger partial charge in [-0.25, -0.2) is 0 Å². The van der Waals surface area contributed by atoms with E-state index in [-0.39, 0.29) is 5.91 Å². The fraction of sp³-hybridized carbons (Fsp3) is 0.333. The number of pyridine rings is 1. The first-order chi connectivity index (χ1) is 11.7. The van der Waals surface area contributed by atoms with Crippen molar-refractivity contribution in [1.29, 1.82) is 0 Å². The van der Waals surface area contributed by atoms with E-state index < -0.39 is 12.3 Å². The minimum absolute atomic E-state index is 0.216. The predicted molar refractivity (Wildman–Crippen MR) is 89.4 cm³/mol. The molecule has 0 saturated carbocycles. The summed E-state index contributed by atoms with van der Waals surface area (Å²) in [7, 11) is 4.70. The Hall–Kier alpha value is -2.28. The highest BCUT2D eigenvalue weighted by atomic mass is 16.7. The van der Waals surface area contributed by atoms with Crippen LogP contribution in [0.4, 0.5) is 0 Å². The molecule has 0 aliphatic rings. The van der Waals surface area contributed by atoms with Gasteiger partial charge in [0.25, 0.3) is 5.91 Å². The highest BCUT2D eigenvalue weighted by Gasteiger charge is 2.25. The molecule has 0 aliphatic heterocycles. The van der Waals surface area contributed by atoms with Crippen molar-refractivity contribution in [3.8, 4) is 0 Å². The number of carbonyl (C=O) groups is 1. The first kappa shape index (κ1) is 18.1. The Morgan fingerprint density at radius 2 is 1.83 bits per heavy atom. The summed E-state index contributed by atoms with van der Waals surface area (Å²) in [6.07, 6.45) is 2.73. The van der Waals surface area contributed by atoms with Crippen LogP contribution in [0.25, 0.3) is 0 Å². The van der Waals surface area contributed by atoms with Crippen LogP contribution in [0.3, 0.4) is 0 Å². The zero-order valence-corrected chi connectivity index (χ0v) is 14.1. The molecule has 6 heteroatoms. The summed E-state index contributed by atoms with van der Waals surface area (Å²) in [4.78, 5) is 16.7. The van der Waals surface area contributed by atoms with Crippen LogP contribution in [0.2, 0.25) is 0 Å². The second-order valence-corrected chi connectivity index (χ2v) is 5.21. The molecule has 0 spiro atoms. The van der Waals surface area contributed by atoms with Crippen LogP contribution in [0, 0.1) is 0 Å². The summed E-state index contributed by atoms with van der Waals surface area (Å²) >= 11 is 0. The molecule has 0 bridgehead atoms. The van der Waals surface area contributed by atoms with Gasteiger partial charge in [0.1, 0.15) is 6.04 Å². The topological polar surface area (TPSA) is 69.7 Å². The van der Waals surface area contributed by atoms with Gasteiger partial charge in [0.15, 0.2) is 6.29 Å². The number of benzene rings is 1. The quantitative estimate of drug-likeness (QED) is 0.752. The van der Waals surface area contributed by atoms with Crippen molar-refractivity contribution < 1.29 is 19.0 Å². The second kappa shape index (κ2) is 9.12. The van der Waals surface area contributed by atoms with Crippen LogP contribution in [0.1, 0.15) is 27.5 Å². The van der Waals surface area contributed by atoms with Crippen LogP contribution in [-0.2, 0) is 20.8 Å². The number of hydrogen-bond acceptors (Lipinski definition) is 5. The van der Waals surface area contributed by atoms with Crippen molar-refractivity contribution in [2.45, 2.75) is 18.9 Å². The van der Waals surface area contributed by atoms with E-state index in [1.54, 1.807) is 37.7 Å². The van der Waals surface area contributed by atoms with E-state index in [2.05, 4.69) is 10.3 Å². The molecule has 2 aromatic rings. The fourth-order valence-corrected chi connectivity index (χ4v) is 2.38. The van der Waals surface area contributed by atoms with E-state index in [0.29, 0.717) is 12.2 Å². The first-order valence-electron chi connectivity index (χ1n) is 7.53. The average molecular weight is 330 g/mol. The number of aromatic nitrogens is 1. The van der Waals surface area contributed by atoms with Crippen LogP contribution < -0.4 is 5.32 Å². The largest absolute Gasteiger partial charge is 0.380 e. The predicted octanol–water partition coefficient (Wildman–Crippen LogP) is 2.32. The molecule has 0 saturated heterocycles. The third-order valence-electron chi connectivity index (χ3n) is 3.59. The first-order valence-corrected chi connectivity index (χ1v) is 7.53. The minimum atomic E-state index is -0.620. The lowest BCUT2D eigenvalue weighted by Gasteiger charge is -2.26. The van der Waals surface area contributed by atoms with E-state index in [1.807, 2.05) is 18.2 Å². The van der Waals surface area contributed by atoms with Gasteiger partial charge < -0.3 is 19.5 Å². The summed E-state index contributed by atoms with van der Waals surface area (Å²) in [5, 5.41) is 2.94. The molecule has 1 aromatic carbocycles. The highest BCUT2D eigenvalue weighted by molar-refractivity contribution is 5.94.